The Hall–Kier alpha value is -1.32. The first-order chi connectivity index (χ1) is 12.9. The molecule has 1 heterocycles. The third-order valence-corrected chi connectivity index (χ3v) is 4.57. The van der Waals surface area contributed by atoms with Crippen molar-refractivity contribution in [1.29, 1.82) is 0 Å². The predicted molar refractivity (Wildman–Crippen MR) is 125 cm³/mol. The van der Waals surface area contributed by atoms with Gasteiger partial charge in [0, 0.05) is 26.7 Å². The lowest BCUT2D eigenvalue weighted by atomic mass is 9.99. The third-order valence-electron chi connectivity index (χ3n) is 4.57. The van der Waals surface area contributed by atoms with Crippen LogP contribution >= 0.6 is 24.0 Å². The van der Waals surface area contributed by atoms with Crippen LogP contribution in [0.4, 0.5) is 0 Å². The Morgan fingerprint density at radius 1 is 1.29 bits per heavy atom. The van der Waals surface area contributed by atoms with Crippen LogP contribution in [-0.2, 0) is 11.3 Å². The Balaban J connectivity index is 0.00000729. The molecule has 0 saturated heterocycles. The summed E-state index contributed by atoms with van der Waals surface area (Å²) >= 11 is 0. The second-order valence-corrected chi connectivity index (χ2v) is 7.48. The lowest BCUT2D eigenvalue weighted by Gasteiger charge is -2.18. The van der Waals surface area contributed by atoms with Gasteiger partial charge in [0.05, 0.1) is 12.2 Å². The fourth-order valence-corrected chi connectivity index (χ4v) is 2.50. The summed E-state index contributed by atoms with van der Waals surface area (Å²) in [7, 11) is 3.47. The van der Waals surface area contributed by atoms with Gasteiger partial charge >= 0.3 is 0 Å². The van der Waals surface area contributed by atoms with Crippen molar-refractivity contribution in [3.05, 3.63) is 17.5 Å². The van der Waals surface area contributed by atoms with E-state index in [1.807, 2.05) is 6.07 Å². The molecule has 0 aliphatic heterocycles. The molecule has 0 aliphatic carbocycles. The summed E-state index contributed by atoms with van der Waals surface area (Å²) in [5.41, 5.74) is 0.937. The number of hydrogen-bond acceptors (Lipinski definition) is 4. The fourth-order valence-electron chi connectivity index (χ4n) is 2.50. The number of nitrogens with one attached hydrogen (secondary N) is 2. The van der Waals surface area contributed by atoms with Crippen LogP contribution in [0.25, 0.3) is 0 Å². The molecular formula is C20H38IN5O2. The molecule has 1 rings (SSSR count). The zero-order valence-corrected chi connectivity index (χ0v) is 20.6. The van der Waals surface area contributed by atoms with Crippen LogP contribution in [0, 0.1) is 5.92 Å². The monoisotopic (exact) mass is 507 g/mol. The van der Waals surface area contributed by atoms with E-state index in [0.29, 0.717) is 24.3 Å². The summed E-state index contributed by atoms with van der Waals surface area (Å²) in [5.74, 6) is 2.28. The van der Waals surface area contributed by atoms with Crippen LogP contribution in [0.1, 0.15) is 70.8 Å². The third kappa shape index (κ3) is 10.3. The highest BCUT2D eigenvalue weighted by molar-refractivity contribution is 14.0. The van der Waals surface area contributed by atoms with E-state index < -0.39 is 0 Å². The first kappa shape index (κ1) is 26.7. The van der Waals surface area contributed by atoms with E-state index in [1.54, 1.807) is 19.0 Å². The van der Waals surface area contributed by atoms with Gasteiger partial charge in [0.2, 0.25) is 5.91 Å². The van der Waals surface area contributed by atoms with Crippen molar-refractivity contribution in [1.82, 2.24) is 20.7 Å². The van der Waals surface area contributed by atoms with E-state index in [-0.39, 0.29) is 36.4 Å². The lowest BCUT2D eigenvalue weighted by molar-refractivity contribution is -0.127. The molecule has 0 aromatic carbocycles. The van der Waals surface area contributed by atoms with Crippen molar-refractivity contribution in [3.63, 3.8) is 0 Å². The highest BCUT2D eigenvalue weighted by Crippen LogP contribution is 2.14. The van der Waals surface area contributed by atoms with E-state index in [1.165, 1.54) is 19.3 Å². The first-order valence-corrected chi connectivity index (χ1v) is 10.0. The molecule has 1 atom stereocenters. The Kier molecular flexibility index (Phi) is 14.0. The Morgan fingerprint density at radius 3 is 2.54 bits per heavy atom. The molecule has 0 aliphatic rings. The van der Waals surface area contributed by atoms with Gasteiger partial charge in [-0.15, -0.1) is 24.0 Å². The number of halogens is 1. The maximum Gasteiger partial charge on any atom is 0.243 e. The molecule has 28 heavy (non-hydrogen) atoms. The molecule has 8 heteroatoms. The standard InChI is InChI=1S/C20H37N5O2.HI/c1-7-9-10-16(8-2)12-21-20(23-14-19(26)25(5)6)22-13-17-11-18(15(3)4)24-27-17;/h11,15-16H,7-10,12-14H2,1-6H3,(H2,21,22,23);1H. The summed E-state index contributed by atoms with van der Waals surface area (Å²) in [4.78, 5) is 17.8. The number of unbranched alkanes of at least 4 members (excludes halogenated alkanes) is 1. The molecule has 1 aromatic heterocycles. The Labute approximate surface area is 187 Å². The van der Waals surface area contributed by atoms with Gasteiger partial charge in [0.15, 0.2) is 11.7 Å². The average molecular weight is 507 g/mol. The SMILES string of the molecule is CCCCC(CC)CNC(=NCC(=O)N(C)C)NCc1cc(C(C)C)no1.I. The van der Waals surface area contributed by atoms with Crippen LogP contribution < -0.4 is 10.6 Å². The summed E-state index contributed by atoms with van der Waals surface area (Å²) in [6.07, 6.45) is 4.76. The Bertz CT molecular complexity index is 587. The van der Waals surface area contributed by atoms with Crippen LogP contribution in [0.3, 0.4) is 0 Å². The summed E-state index contributed by atoms with van der Waals surface area (Å²) < 4.78 is 5.37. The van der Waals surface area contributed by atoms with Gasteiger partial charge in [-0.1, -0.05) is 52.1 Å². The molecular weight excluding hydrogens is 469 g/mol. The number of carbonyl (C=O) groups is 1. The second kappa shape index (κ2) is 14.6. The van der Waals surface area contributed by atoms with Gasteiger partial charge in [-0.3, -0.25) is 4.79 Å². The molecule has 0 radical (unpaired) electrons. The highest BCUT2D eigenvalue weighted by Gasteiger charge is 2.11. The van der Waals surface area contributed by atoms with Crippen molar-refractivity contribution in [2.75, 3.05) is 27.2 Å². The van der Waals surface area contributed by atoms with Crippen LogP contribution in [0.5, 0.6) is 0 Å². The number of nitrogens with zero attached hydrogens (tertiary/aromatic N) is 3. The van der Waals surface area contributed by atoms with Crippen molar-refractivity contribution < 1.29 is 9.32 Å². The number of hydrogen-bond donors (Lipinski definition) is 2. The van der Waals surface area contributed by atoms with Gasteiger partial charge in [-0.2, -0.15) is 0 Å². The van der Waals surface area contributed by atoms with Gasteiger partial charge in [0.1, 0.15) is 6.54 Å². The number of aromatic nitrogens is 1. The topological polar surface area (TPSA) is 82.8 Å². The van der Waals surface area contributed by atoms with Crippen molar-refractivity contribution >= 4 is 35.8 Å². The minimum Gasteiger partial charge on any atom is -0.359 e. The minimum atomic E-state index is -0.0316. The van der Waals surface area contributed by atoms with Crippen LogP contribution in [0.2, 0.25) is 0 Å². The molecule has 0 fully saturated rings. The summed E-state index contributed by atoms with van der Waals surface area (Å²) in [6, 6.07) is 1.95. The van der Waals surface area contributed by atoms with Gasteiger partial charge in [-0.05, 0) is 18.3 Å². The maximum absolute atomic E-state index is 11.9. The van der Waals surface area contributed by atoms with E-state index in [0.717, 1.165) is 24.4 Å². The first-order valence-electron chi connectivity index (χ1n) is 10.0. The highest BCUT2D eigenvalue weighted by atomic mass is 127. The van der Waals surface area contributed by atoms with Crippen molar-refractivity contribution in [2.45, 2.75) is 65.8 Å². The zero-order chi connectivity index (χ0) is 20.2. The molecule has 2 N–H and O–H groups in total. The average Bonchev–Trinajstić information content (AvgIpc) is 3.12. The fraction of sp³-hybridized carbons (Fsp3) is 0.750. The summed E-state index contributed by atoms with van der Waals surface area (Å²) in [5, 5.41) is 10.7. The van der Waals surface area contributed by atoms with E-state index in [9.17, 15) is 4.79 Å². The van der Waals surface area contributed by atoms with Crippen LogP contribution in [-0.4, -0.2) is 49.1 Å². The van der Waals surface area contributed by atoms with Crippen molar-refractivity contribution in [2.24, 2.45) is 10.9 Å². The summed E-state index contributed by atoms with van der Waals surface area (Å²) in [6.45, 7) is 10.0. The number of rotatable bonds is 11. The number of likely N-dealkylation sites (N-methyl/N-ethyl adjacent to an activating group) is 1. The molecule has 0 spiro atoms. The van der Waals surface area contributed by atoms with Gasteiger partial charge in [0.25, 0.3) is 0 Å². The number of aliphatic imine (C=N–C) groups is 1. The van der Waals surface area contributed by atoms with Crippen molar-refractivity contribution in [3.8, 4) is 0 Å². The van der Waals surface area contributed by atoms with Gasteiger partial charge in [-0.25, -0.2) is 4.99 Å². The van der Waals surface area contributed by atoms with E-state index >= 15 is 0 Å². The maximum atomic E-state index is 11.9. The quantitative estimate of drug-likeness (QED) is 0.271. The normalized spacial score (nSPS) is 12.5. The smallest absolute Gasteiger partial charge is 0.243 e. The Morgan fingerprint density at radius 2 is 2.00 bits per heavy atom. The minimum absolute atomic E-state index is 0. The lowest BCUT2D eigenvalue weighted by Crippen LogP contribution is -2.40. The molecule has 7 nitrogen and oxygen atoms in total. The van der Waals surface area contributed by atoms with E-state index in [2.05, 4.69) is 48.5 Å². The van der Waals surface area contributed by atoms with Gasteiger partial charge < -0.3 is 20.1 Å². The number of guanidine groups is 1. The van der Waals surface area contributed by atoms with E-state index in [4.69, 9.17) is 4.52 Å². The zero-order valence-electron chi connectivity index (χ0n) is 18.2. The molecule has 1 aromatic rings. The molecule has 1 amide bonds. The molecule has 162 valence electrons. The van der Waals surface area contributed by atoms with Crippen LogP contribution in [0.15, 0.2) is 15.6 Å². The largest absolute Gasteiger partial charge is 0.359 e. The molecule has 1 unspecified atom stereocenters. The predicted octanol–water partition coefficient (Wildman–Crippen LogP) is 3.76. The number of carbonyl (C=O) groups excluding carboxylic acids is 1. The molecule has 0 bridgehead atoms. The molecule has 0 saturated carbocycles. The number of amides is 1. The second-order valence-electron chi connectivity index (χ2n) is 7.48.